The molecule has 0 unspecified atom stereocenters. The van der Waals surface area contributed by atoms with Gasteiger partial charge in [0.1, 0.15) is 4.21 Å². The van der Waals surface area contributed by atoms with Crippen LogP contribution in [0.15, 0.2) is 33.9 Å². The summed E-state index contributed by atoms with van der Waals surface area (Å²) in [6.45, 7) is -0.192. The van der Waals surface area contributed by atoms with Gasteiger partial charge < -0.3 is 14.6 Å². The third-order valence-electron chi connectivity index (χ3n) is 2.71. The summed E-state index contributed by atoms with van der Waals surface area (Å²) >= 11 is 1.05. The zero-order valence-corrected chi connectivity index (χ0v) is 13.1. The van der Waals surface area contributed by atoms with E-state index in [-0.39, 0.29) is 10.8 Å². The van der Waals surface area contributed by atoms with Crippen molar-refractivity contribution < 1.29 is 23.0 Å². The van der Waals surface area contributed by atoms with Gasteiger partial charge >= 0.3 is 0 Å². The number of aliphatic hydroxyl groups excluding tert-OH is 1. The van der Waals surface area contributed by atoms with Gasteiger partial charge in [0.25, 0.3) is 10.0 Å². The van der Waals surface area contributed by atoms with Crippen LogP contribution in [0.25, 0.3) is 0 Å². The number of methoxy groups -OCH3 is 2. The monoisotopic (exact) mass is 329 g/mol. The molecule has 1 heterocycles. The molecule has 2 aromatic rings. The Labute approximate surface area is 127 Å². The van der Waals surface area contributed by atoms with Gasteiger partial charge in [-0.2, -0.15) is 0 Å². The van der Waals surface area contributed by atoms with Gasteiger partial charge in [-0.25, -0.2) is 8.42 Å². The van der Waals surface area contributed by atoms with Crippen molar-refractivity contribution in [3.05, 3.63) is 35.2 Å². The summed E-state index contributed by atoms with van der Waals surface area (Å²) < 4.78 is 37.3. The van der Waals surface area contributed by atoms with Crippen molar-refractivity contribution in [2.24, 2.45) is 0 Å². The van der Waals surface area contributed by atoms with Gasteiger partial charge in [0.05, 0.1) is 26.5 Å². The molecule has 2 N–H and O–H groups in total. The fourth-order valence-electron chi connectivity index (χ4n) is 1.68. The smallest absolute Gasteiger partial charge is 0.271 e. The molecule has 0 aliphatic heterocycles. The van der Waals surface area contributed by atoms with E-state index < -0.39 is 10.0 Å². The van der Waals surface area contributed by atoms with E-state index in [1.54, 1.807) is 17.5 Å². The Morgan fingerprint density at radius 1 is 1.19 bits per heavy atom. The first-order valence-corrected chi connectivity index (χ1v) is 8.29. The standard InChI is InChI=1S/C13H15NO5S2/c1-18-11-4-3-10(6-12(11)19-2)14-21(16,17)13-5-9(7-15)8-20-13/h3-6,8,14-15H,7H2,1-2H3. The number of aliphatic hydroxyl groups is 1. The highest BCUT2D eigenvalue weighted by Crippen LogP contribution is 2.31. The summed E-state index contributed by atoms with van der Waals surface area (Å²) in [6.07, 6.45) is 0. The van der Waals surface area contributed by atoms with Gasteiger partial charge in [-0.15, -0.1) is 11.3 Å². The predicted octanol–water partition coefficient (Wildman–Crippen LogP) is 2.06. The second-order valence-corrected chi connectivity index (χ2v) is 6.93. The van der Waals surface area contributed by atoms with Crippen molar-refractivity contribution in [3.8, 4) is 11.5 Å². The minimum atomic E-state index is -3.69. The molecule has 0 aliphatic carbocycles. The van der Waals surface area contributed by atoms with Crippen LogP contribution in [-0.2, 0) is 16.6 Å². The van der Waals surface area contributed by atoms with Crippen LogP contribution < -0.4 is 14.2 Å². The van der Waals surface area contributed by atoms with Gasteiger partial charge in [0, 0.05) is 6.07 Å². The molecule has 0 saturated heterocycles. The van der Waals surface area contributed by atoms with Crippen molar-refractivity contribution in [1.82, 2.24) is 0 Å². The van der Waals surface area contributed by atoms with Crippen molar-refractivity contribution >= 4 is 27.0 Å². The van der Waals surface area contributed by atoms with Crippen LogP contribution in [0.2, 0.25) is 0 Å². The number of thiophene rings is 1. The second kappa shape index (κ2) is 6.33. The Hall–Kier alpha value is -1.77. The number of sulfonamides is 1. The molecule has 0 fully saturated rings. The van der Waals surface area contributed by atoms with E-state index in [0.717, 1.165) is 11.3 Å². The predicted molar refractivity (Wildman–Crippen MR) is 80.6 cm³/mol. The van der Waals surface area contributed by atoms with Crippen LogP contribution in [0, 0.1) is 0 Å². The van der Waals surface area contributed by atoms with Crippen LogP contribution in [0.5, 0.6) is 11.5 Å². The van der Waals surface area contributed by atoms with Gasteiger partial charge in [-0.1, -0.05) is 0 Å². The van der Waals surface area contributed by atoms with Crippen LogP contribution in [0.4, 0.5) is 5.69 Å². The summed E-state index contributed by atoms with van der Waals surface area (Å²) in [5, 5.41) is 10.6. The Bertz CT molecular complexity index is 724. The second-order valence-electron chi connectivity index (χ2n) is 4.11. The molecule has 0 bridgehead atoms. The zero-order valence-electron chi connectivity index (χ0n) is 11.5. The Balaban J connectivity index is 2.28. The summed E-state index contributed by atoms with van der Waals surface area (Å²) in [5.41, 5.74) is 0.930. The largest absolute Gasteiger partial charge is 0.493 e. The van der Waals surface area contributed by atoms with E-state index in [9.17, 15) is 8.42 Å². The van der Waals surface area contributed by atoms with Crippen LogP contribution >= 0.6 is 11.3 Å². The molecule has 0 saturated carbocycles. The summed E-state index contributed by atoms with van der Waals surface area (Å²) in [6, 6.07) is 6.18. The molecule has 114 valence electrons. The Morgan fingerprint density at radius 2 is 1.90 bits per heavy atom. The summed E-state index contributed by atoms with van der Waals surface area (Å²) in [4.78, 5) is 0. The van der Waals surface area contributed by atoms with E-state index in [1.165, 1.54) is 26.4 Å². The molecule has 0 aliphatic rings. The molecular formula is C13H15NO5S2. The van der Waals surface area contributed by atoms with Gasteiger partial charge in [-0.3, -0.25) is 4.72 Å². The first-order chi connectivity index (χ1) is 10.00. The molecule has 21 heavy (non-hydrogen) atoms. The first-order valence-electron chi connectivity index (χ1n) is 5.93. The molecule has 0 amide bonds. The van der Waals surface area contributed by atoms with Crippen LogP contribution in [-0.4, -0.2) is 27.7 Å². The number of nitrogens with one attached hydrogen (secondary N) is 1. The molecule has 6 nitrogen and oxygen atoms in total. The maximum Gasteiger partial charge on any atom is 0.271 e. The molecule has 8 heteroatoms. The number of rotatable bonds is 6. The van der Waals surface area contributed by atoms with Crippen LogP contribution in [0.1, 0.15) is 5.56 Å². The van der Waals surface area contributed by atoms with Crippen molar-refractivity contribution in [1.29, 1.82) is 0 Å². The van der Waals surface area contributed by atoms with E-state index in [1.807, 2.05) is 0 Å². The lowest BCUT2D eigenvalue weighted by Crippen LogP contribution is -2.11. The average Bonchev–Trinajstić information content (AvgIpc) is 2.96. The summed E-state index contributed by atoms with van der Waals surface area (Å²) in [5.74, 6) is 0.944. The van der Waals surface area contributed by atoms with Gasteiger partial charge in [-0.05, 0) is 29.1 Å². The first kappa shape index (κ1) is 15.6. The molecule has 0 spiro atoms. The summed E-state index contributed by atoms with van der Waals surface area (Å²) in [7, 11) is -0.707. The molecule has 1 aromatic heterocycles. The zero-order chi connectivity index (χ0) is 15.5. The number of ether oxygens (including phenoxy) is 2. The molecule has 2 rings (SSSR count). The highest BCUT2D eigenvalue weighted by Gasteiger charge is 2.17. The Morgan fingerprint density at radius 3 is 2.48 bits per heavy atom. The lowest BCUT2D eigenvalue weighted by atomic mass is 10.3. The highest BCUT2D eigenvalue weighted by molar-refractivity contribution is 7.94. The van der Waals surface area contributed by atoms with Gasteiger partial charge in [0.2, 0.25) is 0 Å². The fraction of sp³-hybridized carbons (Fsp3) is 0.231. The normalized spacial score (nSPS) is 11.2. The molecule has 1 aromatic carbocycles. The number of hydrogen-bond acceptors (Lipinski definition) is 6. The van der Waals surface area contributed by atoms with E-state index >= 15 is 0 Å². The van der Waals surface area contributed by atoms with E-state index in [2.05, 4.69) is 4.72 Å². The van der Waals surface area contributed by atoms with Gasteiger partial charge in [0.15, 0.2) is 11.5 Å². The van der Waals surface area contributed by atoms with E-state index in [4.69, 9.17) is 14.6 Å². The molecular weight excluding hydrogens is 314 g/mol. The lowest BCUT2D eigenvalue weighted by molar-refractivity contribution is 0.282. The van der Waals surface area contributed by atoms with Crippen molar-refractivity contribution in [3.63, 3.8) is 0 Å². The number of benzene rings is 1. The maximum absolute atomic E-state index is 12.2. The van der Waals surface area contributed by atoms with Crippen molar-refractivity contribution in [2.45, 2.75) is 10.8 Å². The highest BCUT2D eigenvalue weighted by atomic mass is 32.2. The van der Waals surface area contributed by atoms with E-state index in [0.29, 0.717) is 22.7 Å². The lowest BCUT2D eigenvalue weighted by Gasteiger charge is -2.11. The third kappa shape index (κ3) is 3.46. The molecule has 0 atom stereocenters. The fourth-order valence-corrected chi connectivity index (χ4v) is 3.93. The molecule has 0 radical (unpaired) electrons. The number of anilines is 1. The minimum absolute atomic E-state index is 0.140. The topological polar surface area (TPSA) is 84.9 Å². The average molecular weight is 329 g/mol. The minimum Gasteiger partial charge on any atom is -0.493 e. The Kier molecular flexibility index (Phi) is 4.71. The SMILES string of the molecule is COc1ccc(NS(=O)(=O)c2cc(CO)cs2)cc1OC. The van der Waals surface area contributed by atoms with Crippen LogP contribution in [0.3, 0.4) is 0 Å². The van der Waals surface area contributed by atoms with Crippen molar-refractivity contribution in [2.75, 3.05) is 18.9 Å². The quantitative estimate of drug-likeness (QED) is 0.847. The number of hydrogen-bond donors (Lipinski definition) is 2. The maximum atomic E-state index is 12.2. The third-order valence-corrected chi connectivity index (χ3v) is 5.58.